The van der Waals surface area contributed by atoms with Gasteiger partial charge in [0.15, 0.2) is 0 Å². The van der Waals surface area contributed by atoms with Gasteiger partial charge in [-0.15, -0.1) is 0 Å². The molecule has 29 heavy (non-hydrogen) atoms. The first-order valence-corrected chi connectivity index (χ1v) is 9.52. The number of likely N-dealkylation sites (N-methyl/N-ethyl adjacent to an activating group) is 1. The van der Waals surface area contributed by atoms with Gasteiger partial charge in [0.1, 0.15) is 0 Å². The van der Waals surface area contributed by atoms with E-state index in [1.165, 1.54) is 11.1 Å². The standard InChI is InChI=1S/C22H23N5O2/c1-26-14-17-6-2-3-8-19(17)20(26)12-24-21(28)22(29)25-18-7-4-5-16(11-18)13-27-10-9-23-15-27/h2-11,15,20H,12-14H2,1H3,(H,24,28)(H,25,29). The Bertz CT molecular complexity index is 1020. The number of amides is 2. The summed E-state index contributed by atoms with van der Waals surface area (Å²) in [6.45, 7) is 1.87. The summed E-state index contributed by atoms with van der Waals surface area (Å²) < 4.78 is 1.93. The number of fused-ring (bicyclic) bond motifs is 1. The first-order chi connectivity index (χ1) is 14.1. The fourth-order valence-corrected chi connectivity index (χ4v) is 3.68. The maximum absolute atomic E-state index is 12.3. The number of benzene rings is 2. The monoisotopic (exact) mass is 389 g/mol. The Hall–Kier alpha value is -3.45. The molecule has 0 spiro atoms. The number of rotatable bonds is 5. The first kappa shape index (κ1) is 18.9. The molecule has 148 valence electrons. The van der Waals surface area contributed by atoms with Crippen molar-refractivity contribution in [2.75, 3.05) is 18.9 Å². The van der Waals surface area contributed by atoms with Gasteiger partial charge in [-0.3, -0.25) is 14.5 Å². The van der Waals surface area contributed by atoms with E-state index in [0.29, 0.717) is 18.8 Å². The molecule has 1 aliphatic heterocycles. The maximum Gasteiger partial charge on any atom is 0.313 e. The molecule has 0 radical (unpaired) electrons. The van der Waals surface area contributed by atoms with E-state index in [0.717, 1.165) is 12.1 Å². The van der Waals surface area contributed by atoms with Crippen LogP contribution in [0.2, 0.25) is 0 Å². The predicted molar refractivity (Wildman–Crippen MR) is 110 cm³/mol. The van der Waals surface area contributed by atoms with Gasteiger partial charge < -0.3 is 15.2 Å². The van der Waals surface area contributed by atoms with Gasteiger partial charge in [0.2, 0.25) is 0 Å². The summed E-state index contributed by atoms with van der Waals surface area (Å²) in [5, 5.41) is 5.44. The quantitative estimate of drug-likeness (QED) is 0.656. The number of carbonyl (C=O) groups excluding carboxylic acids is 2. The molecule has 2 aromatic carbocycles. The summed E-state index contributed by atoms with van der Waals surface area (Å²) in [5.41, 5.74) is 4.05. The molecule has 2 N–H and O–H groups in total. The lowest BCUT2D eigenvalue weighted by Gasteiger charge is -2.20. The molecule has 0 fully saturated rings. The highest BCUT2D eigenvalue weighted by Gasteiger charge is 2.27. The summed E-state index contributed by atoms with van der Waals surface area (Å²) in [4.78, 5) is 30.8. The van der Waals surface area contributed by atoms with Gasteiger partial charge in [0.25, 0.3) is 0 Å². The number of nitrogens with zero attached hydrogens (tertiary/aromatic N) is 3. The summed E-state index contributed by atoms with van der Waals surface area (Å²) >= 11 is 0. The van der Waals surface area contributed by atoms with Gasteiger partial charge in [-0.05, 0) is 35.9 Å². The Kier molecular flexibility index (Phi) is 5.39. The van der Waals surface area contributed by atoms with Crippen LogP contribution in [0.25, 0.3) is 0 Å². The third kappa shape index (κ3) is 4.35. The number of imidazole rings is 1. The molecular weight excluding hydrogens is 366 g/mol. The third-order valence-corrected chi connectivity index (χ3v) is 5.14. The first-order valence-electron chi connectivity index (χ1n) is 9.52. The fraction of sp³-hybridized carbons (Fsp3) is 0.227. The SMILES string of the molecule is CN1Cc2ccccc2C1CNC(=O)C(=O)Nc1cccc(Cn2ccnc2)c1. The molecular formula is C22H23N5O2. The lowest BCUT2D eigenvalue weighted by Crippen LogP contribution is -2.39. The van der Waals surface area contributed by atoms with Crippen LogP contribution in [0.15, 0.2) is 67.3 Å². The molecule has 1 atom stereocenters. The van der Waals surface area contributed by atoms with E-state index < -0.39 is 11.8 Å². The Morgan fingerprint density at radius 3 is 2.83 bits per heavy atom. The molecule has 2 amide bonds. The van der Waals surface area contributed by atoms with Crippen molar-refractivity contribution in [1.82, 2.24) is 19.8 Å². The van der Waals surface area contributed by atoms with E-state index in [9.17, 15) is 9.59 Å². The van der Waals surface area contributed by atoms with Crippen molar-refractivity contribution in [2.45, 2.75) is 19.1 Å². The number of anilines is 1. The van der Waals surface area contributed by atoms with Gasteiger partial charge in [-0.25, -0.2) is 4.98 Å². The Morgan fingerprint density at radius 1 is 1.14 bits per heavy atom. The number of hydrogen-bond donors (Lipinski definition) is 2. The minimum Gasteiger partial charge on any atom is -0.346 e. The normalized spacial score (nSPS) is 15.7. The molecule has 1 unspecified atom stereocenters. The molecule has 1 aliphatic rings. The molecule has 4 rings (SSSR count). The number of hydrogen-bond acceptors (Lipinski definition) is 4. The second-order valence-electron chi connectivity index (χ2n) is 7.23. The Balaban J connectivity index is 1.34. The highest BCUT2D eigenvalue weighted by molar-refractivity contribution is 6.39. The van der Waals surface area contributed by atoms with E-state index in [2.05, 4.69) is 32.7 Å². The predicted octanol–water partition coefficient (Wildman–Crippen LogP) is 2.17. The zero-order chi connectivity index (χ0) is 20.2. The van der Waals surface area contributed by atoms with Crippen LogP contribution in [0.4, 0.5) is 5.69 Å². The second-order valence-corrected chi connectivity index (χ2v) is 7.23. The second kappa shape index (κ2) is 8.28. The number of carbonyl (C=O) groups is 2. The maximum atomic E-state index is 12.3. The minimum atomic E-state index is -0.668. The van der Waals surface area contributed by atoms with Crippen molar-refractivity contribution in [3.8, 4) is 0 Å². The number of nitrogens with one attached hydrogen (secondary N) is 2. The fourth-order valence-electron chi connectivity index (χ4n) is 3.68. The Morgan fingerprint density at radius 2 is 2.00 bits per heavy atom. The molecule has 0 saturated heterocycles. The summed E-state index contributed by atoms with van der Waals surface area (Å²) in [6, 6.07) is 15.7. The van der Waals surface area contributed by atoms with E-state index in [1.54, 1.807) is 18.6 Å². The average molecular weight is 389 g/mol. The summed E-state index contributed by atoms with van der Waals surface area (Å²) in [7, 11) is 2.02. The van der Waals surface area contributed by atoms with Gasteiger partial charge >= 0.3 is 11.8 Å². The molecule has 1 aromatic heterocycles. The molecule has 2 heterocycles. The molecule has 0 saturated carbocycles. The Labute approximate surface area is 169 Å². The highest BCUT2D eigenvalue weighted by Crippen LogP contribution is 2.31. The van der Waals surface area contributed by atoms with Crippen LogP contribution in [0, 0.1) is 0 Å². The third-order valence-electron chi connectivity index (χ3n) is 5.14. The smallest absolute Gasteiger partial charge is 0.313 e. The minimum absolute atomic E-state index is 0.0708. The molecule has 0 bridgehead atoms. The largest absolute Gasteiger partial charge is 0.346 e. The van der Waals surface area contributed by atoms with Crippen LogP contribution in [0.1, 0.15) is 22.7 Å². The average Bonchev–Trinajstić information content (AvgIpc) is 3.33. The van der Waals surface area contributed by atoms with Crippen molar-refractivity contribution in [2.24, 2.45) is 0 Å². The lowest BCUT2D eigenvalue weighted by atomic mass is 10.1. The molecule has 3 aromatic rings. The van der Waals surface area contributed by atoms with Crippen molar-refractivity contribution >= 4 is 17.5 Å². The van der Waals surface area contributed by atoms with Crippen LogP contribution in [0.5, 0.6) is 0 Å². The van der Waals surface area contributed by atoms with Gasteiger partial charge in [0.05, 0.1) is 12.4 Å². The van der Waals surface area contributed by atoms with E-state index in [1.807, 2.05) is 48.1 Å². The van der Waals surface area contributed by atoms with Gasteiger partial charge in [-0.2, -0.15) is 0 Å². The molecule has 0 aliphatic carbocycles. The summed E-state index contributed by atoms with van der Waals surface area (Å²) in [6.07, 6.45) is 5.32. The van der Waals surface area contributed by atoms with Crippen molar-refractivity contribution in [1.29, 1.82) is 0 Å². The van der Waals surface area contributed by atoms with Crippen LogP contribution in [-0.4, -0.2) is 39.9 Å². The van der Waals surface area contributed by atoms with Gasteiger partial charge in [-0.1, -0.05) is 36.4 Å². The molecule has 7 nitrogen and oxygen atoms in total. The van der Waals surface area contributed by atoms with Crippen LogP contribution in [-0.2, 0) is 22.7 Å². The number of aromatic nitrogens is 2. The zero-order valence-corrected chi connectivity index (χ0v) is 16.2. The lowest BCUT2D eigenvalue weighted by molar-refractivity contribution is -0.136. The topological polar surface area (TPSA) is 79.3 Å². The zero-order valence-electron chi connectivity index (χ0n) is 16.2. The summed E-state index contributed by atoms with van der Waals surface area (Å²) in [5.74, 6) is -1.30. The van der Waals surface area contributed by atoms with Crippen LogP contribution in [0.3, 0.4) is 0 Å². The van der Waals surface area contributed by atoms with Crippen LogP contribution >= 0.6 is 0 Å². The highest BCUT2D eigenvalue weighted by atomic mass is 16.2. The van der Waals surface area contributed by atoms with Crippen molar-refractivity contribution < 1.29 is 9.59 Å². The van der Waals surface area contributed by atoms with Crippen molar-refractivity contribution in [3.05, 3.63) is 83.9 Å². The van der Waals surface area contributed by atoms with E-state index >= 15 is 0 Å². The van der Waals surface area contributed by atoms with Gasteiger partial charge in [0, 0.05) is 37.7 Å². The van der Waals surface area contributed by atoms with E-state index in [4.69, 9.17) is 0 Å². The van der Waals surface area contributed by atoms with Crippen LogP contribution < -0.4 is 10.6 Å². The molecule has 7 heteroatoms. The van der Waals surface area contributed by atoms with Crippen molar-refractivity contribution in [3.63, 3.8) is 0 Å². The van der Waals surface area contributed by atoms with E-state index in [-0.39, 0.29) is 6.04 Å².